The Labute approximate surface area is 157 Å². The fraction of sp³-hybridized carbons (Fsp3) is 0.0909. The molecule has 0 heterocycles. The van der Waals surface area contributed by atoms with Crippen molar-refractivity contribution in [1.82, 2.24) is 0 Å². The molecule has 1 amide bonds. The van der Waals surface area contributed by atoms with E-state index in [4.69, 9.17) is 0 Å². The Morgan fingerprint density at radius 1 is 0.889 bits per heavy atom. The van der Waals surface area contributed by atoms with Crippen LogP contribution in [0.3, 0.4) is 0 Å². The first-order valence-electron chi connectivity index (χ1n) is 8.42. The topological polar surface area (TPSA) is 75.6 Å². The van der Waals surface area contributed by atoms with Gasteiger partial charge in [0.1, 0.15) is 5.75 Å². The summed E-state index contributed by atoms with van der Waals surface area (Å²) in [5.41, 5.74) is 2.11. The summed E-state index contributed by atoms with van der Waals surface area (Å²) in [4.78, 5) is 24.6. The molecule has 0 saturated carbocycles. The first-order chi connectivity index (χ1) is 13.1. The van der Waals surface area contributed by atoms with Gasteiger partial charge in [-0.1, -0.05) is 60.7 Å². The van der Waals surface area contributed by atoms with E-state index < -0.39 is 11.9 Å². The van der Waals surface area contributed by atoms with Crippen LogP contribution in [0.15, 0.2) is 78.9 Å². The first-order valence-corrected chi connectivity index (χ1v) is 8.42. The monoisotopic (exact) mass is 361 g/mol. The molecule has 5 nitrogen and oxygen atoms in total. The van der Waals surface area contributed by atoms with Crippen molar-refractivity contribution in [3.05, 3.63) is 95.6 Å². The Kier molecular flexibility index (Phi) is 5.52. The van der Waals surface area contributed by atoms with Crippen LogP contribution in [-0.2, 0) is 9.53 Å². The highest BCUT2D eigenvalue weighted by molar-refractivity contribution is 6.00. The molecular weight excluding hydrogens is 342 g/mol. The number of hydrogen-bond acceptors (Lipinski definition) is 4. The zero-order valence-corrected chi connectivity index (χ0v) is 14.8. The molecule has 0 aromatic heterocycles. The molecule has 136 valence electrons. The van der Waals surface area contributed by atoms with Crippen LogP contribution in [-0.4, -0.2) is 24.1 Å². The van der Waals surface area contributed by atoms with Crippen molar-refractivity contribution in [3.63, 3.8) is 0 Å². The summed E-state index contributed by atoms with van der Waals surface area (Å²) in [7, 11) is 1.26. The summed E-state index contributed by atoms with van der Waals surface area (Å²) in [6.07, 6.45) is 0. The minimum atomic E-state index is -0.561. The van der Waals surface area contributed by atoms with Crippen LogP contribution in [0.5, 0.6) is 5.75 Å². The van der Waals surface area contributed by atoms with Crippen LogP contribution in [0.25, 0.3) is 0 Å². The summed E-state index contributed by atoms with van der Waals surface area (Å²) in [5.74, 6) is -1.58. The van der Waals surface area contributed by atoms with Crippen LogP contribution in [0.2, 0.25) is 0 Å². The molecule has 0 unspecified atom stereocenters. The Hall–Kier alpha value is -3.60. The highest BCUT2D eigenvalue weighted by Gasteiger charge is 2.23. The maximum absolute atomic E-state index is 13.0. The van der Waals surface area contributed by atoms with Gasteiger partial charge in [-0.3, -0.25) is 4.79 Å². The number of amides is 1. The number of nitrogens with one attached hydrogen (secondary N) is 1. The third-order valence-electron chi connectivity index (χ3n) is 4.20. The van der Waals surface area contributed by atoms with Gasteiger partial charge in [0, 0.05) is 0 Å². The quantitative estimate of drug-likeness (QED) is 0.533. The van der Waals surface area contributed by atoms with Crippen LogP contribution < -0.4 is 5.32 Å². The van der Waals surface area contributed by atoms with E-state index in [1.54, 1.807) is 0 Å². The minimum absolute atomic E-state index is 0.203. The second-order valence-corrected chi connectivity index (χ2v) is 5.97. The summed E-state index contributed by atoms with van der Waals surface area (Å²) < 4.78 is 4.63. The minimum Gasteiger partial charge on any atom is -0.506 e. The van der Waals surface area contributed by atoms with E-state index in [2.05, 4.69) is 10.1 Å². The number of aromatic hydroxyl groups is 1. The largest absolute Gasteiger partial charge is 0.506 e. The molecule has 0 atom stereocenters. The zero-order valence-electron chi connectivity index (χ0n) is 14.8. The van der Waals surface area contributed by atoms with Gasteiger partial charge in [0.05, 0.1) is 24.3 Å². The third kappa shape index (κ3) is 4.15. The lowest BCUT2D eigenvalue weighted by Crippen LogP contribution is -2.22. The molecule has 0 bridgehead atoms. The Bertz CT molecular complexity index is 900. The molecule has 5 heteroatoms. The molecular formula is C22H19NO4. The van der Waals surface area contributed by atoms with Crippen molar-refractivity contribution in [2.45, 2.75) is 5.92 Å². The molecule has 0 aliphatic rings. The molecule has 3 aromatic carbocycles. The first kappa shape index (κ1) is 18.2. The summed E-state index contributed by atoms with van der Waals surface area (Å²) in [6, 6.07) is 23.1. The number of anilines is 1. The smallest absolute Gasteiger partial charge is 0.337 e. The van der Waals surface area contributed by atoms with E-state index >= 15 is 0 Å². The van der Waals surface area contributed by atoms with Crippen molar-refractivity contribution in [2.75, 3.05) is 12.4 Å². The number of phenolic OH excluding ortho intramolecular Hbond substituents is 1. The van der Waals surface area contributed by atoms with Gasteiger partial charge in [-0.2, -0.15) is 0 Å². The lowest BCUT2D eigenvalue weighted by atomic mass is 9.90. The van der Waals surface area contributed by atoms with E-state index in [0.29, 0.717) is 0 Å². The number of benzene rings is 3. The predicted molar refractivity (Wildman–Crippen MR) is 103 cm³/mol. The molecule has 0 aliphatic heterocycles. The van der Waals surface area contributed by atoms with Crippen molar-refractivity contribution >= 4 is 17.6 Å². The van der Waals surface area contributed by atoms with Gasteiger partial charge in [0.25, 0.3) is 0 Å². The fourth-order valence-electron chi connectivity index (χ4n) is 2.87. The van der Waals surface area contributed by atoms with E-state index in [1.807, 2.05) is 60.7 Å². The second kappa shape index (κ2) is 8.19. The molecule has 3 rings (SSSR count). The molecule has 0 spiro atoms. The molecule has 0 aliphatic carbocycles. The highest BCUT2D eigenvalue weighted by Crippen LogP contribution is 2.29. The number of hydrogen-bond donors (Lipinski definition) is 2. The summed E-state index contributed by atoms with van der Waals surface area (Å²) in [5, 5.41) is 12.9. The number of rotatable bonds is 5. The van der Waals surface area contributed by atoms with Crippen molar-refractivity contribution < 1.29 is 19.4 Å². The van der Waals surface area contributed by atoms with Gasteiger partial charge in [0.15, 0.2) is 0 Å². The van der Waals surface area contributed by atoms with E-state index in [9.17, 15) is 14.7 Å². The Morgan fingerprint density at radius 3 is 1.93 bits per heavy atom. The molecule has 0 saturated heterocycles. The standard InChI is InChI=1S/C22H19NO4/c1-27-22(26)17-12-13-18(19(24)14-17)23-21(25)20(15-8-4-2-5-9-15)16-10-6-3-7-11-16/h2-14,20,24H,1H3,(H,23,25). The summed E-state index contributed by atoms with van der Waals surface area (Å²) in [6.45, 7) is 0. The Morgan fingerprint density at radius 2 is 1.44 bits per heavy atom. The number of carbonyl (C=O) groups excluding carboxylic acids is 2. The maximum atomic E-state index is 13.0. The molecule has 2 N–H and O–H groups in total. The van der Waals surface area contributed by atoms with Gasteiger partial charge in [-0.25, -0.2) is 4.79 Å². The summed E-state index contributed by atoms with van der Waals surface area (Å²) >= 11 is 0. The lowest BCUT2D eigenvalue weighted by molar-refractivity contribution is -0.116. The fourth-order valence-corrected chi connectivity index (χ4v) is 2.87. The molecule has 27 heavy (non-hydrogen) atoms. The van der Waals surface area contributed by atoms with Crippen molar-refractivity contribution in [1.29, 1.82) is 0 Å². The van der Waals surface area contributed by atoms with Gasteiger partial charge in [-0.15, -0.1) is 0 Å². The van der Waals surface area contributed by atoms with E-state index in [0.717, 1.165) is 11.1 Å². The normalized spacial score (nSPS) is 10.4. The average molecular weight is 361 g/mol. The SMILES string of the molecule is COC(=O)c1ccc(NC(=O)C(c2ccccc2)c2ccccc2)c(O)c1. The zero-order chi connectivity index (χ0) is 19.2. The highest BCUT2D eigenvalue weighted by atomic mass is 16.5. The molecule has 0 radical (unpaired) electrons. The van der Waals surface area contributed by atoms with E-state index in [-0.39, 0.29) is 22.9 Å². The van der Waals surface area contributed by atoms with E-state index in [1.165, 1.54) is 25.3 Å². The average Bonchev–Trinajstić information content (AvgIpc) is 2.70. The van der Waals surface area contributed by atoms with Gasteiger partial charge in [0.2, 0.25) is 5.91 Å². The van der Waals surface area contributed by atoms with Gasteiger partial charge < -0.3 is 15.2 Å². The number of esters is 1. The predicted octanol–water partition coefficient (Wildman–Crippen LogP) is 3.95. The molecule has 0 fully saturated rings. The second-order valence-electron chi connectivity index (χ2n) is 5.97. The number of methoxy groups -OCH3 is 1. The number of carbonyl (C=O) groups is 2. The van der Waals surface area contributed by atoms with Gasteiger partial charge >= 0.3 is 5.97 Å². The van der Waals surface area contributed by atoms with Crippen molar-refractivity contribution in [2.24, 2.45) is 0 Å². The van der Waals surface area contributed by atoms with Crippen LogP contribution in [0.1, 0.15) is 27.4 Å². The van der Waals surface area contributed by atoms with Crippen molar-refractivity contribution in [3.8, 4) is 5.75 Å². The number of ether oxygens (including phenoxy) is 1. The van der Waals surface area contributed by atoms with Crippen LogP contribution >= 0.6 is 0 Å². The Balaban J connectivity index is 1.91. The number of phenols is 1. The van der Waals surface area contributed by atoms with Crippen LogP contribution in [0, 0.1) is 0 Å². The maximum Gasteiger partial charge on any atom is 0.337 e. The van der Waals surface area contributed by atoms with Gasteiger partial charge in [-0.05, 0) is 29.3 Å². The lowest BCUT2D eigenvalue weighted by Gasteiger charge is -2.18. The third-order valence-corrected chi connectivity index (χ3v) is 4.20. The molecule has 3 aromatic rings. The van der Waals surface area contributed by atoms with Crippen LogP contribution in [0.4, 0.5) is 5.69 Å².